The van der Waals surface area contributed by atoms with Crippen LogP contribution >= 0.6 is 0 Å². The van der Waals surface area contributed by atoms with Gasteiger partial charge >= 0.3 is 0 Å². The molecule has 0 bridgehead atoms. The summed E-state index contributed by atoms with van der Waals surface area (Å²) in [6.45, 7) is 7.87. The molecule has 2 atom stereocenters. The van der Waals surface area contributed by atoms with Gasteiger partial charge in [0.25, 0.3) is 0 Å². The van der Waals surface area contributed by atoms with E-state index < -0.39 is 0 Å². The minimum Gasteiger partial charge on any atom is -0.375 e. The number of unbranched alkanes of at least 4 members (excludes halogenated alkanes) is 1. The highest BCUT2D eigenvalue weighted by atomic mass is 16.5. The Labute approximate surface area is 89.2 Å². The second kappa shape index (κ2) is 5.75. The molecular weight excluding hydrogens is 172 g/mol. The molecular formula is C13H26O. The van der Waals surface area contributed by atoms with Gasteiger partial charge in [0.1, 0.15) is 0 Å². The van der Waals surface area contributed by atoms with Crippen molar-refractivity contribution >= 4 is 0 Å². The van der Waals surface area contributed by atoms with Crippen LogP contribution in [-0.2, 0) is 4.74 Å². The standard InChI is InChI=1S/C13H26O/c1-4-7-8-12(5-2)11-13(6-3)9-10-14-13/h12H,4-11H2,1-3H3. The first kappa shape index (κ1) is 12.0. The molecule has 0 spiro atoms. The van der Waals surface area contributed by atoms with E-state index in [1.54, 1.807) is 0 Å². The summed E-state index contributed by atoms with van der Waals surface area (Å²) in [5.74, 6) is 0.898. The smallest absolute Gasteiger partial charge is 0.0704 e. The molecule has 0 N–H and O–H groups in total. The van der Waals surface area contributed by atoms with E-state index in [0.717, 1.165) is 12.5 Å². The molecule has 1 rings (SSSR count). The third-order valence-electron chi connectivity index (χ3n) is 3.81. The third kappa shape index (κ3) is 2.98. The SMILES string of the molecule is CCCCC(CC)CC1(CC)CCO1. The number of ether oxygens (including phenoxy) is 1. The van der Waals surface area contributed by atoms with Crippen molar-refractivity contribution in [1.29, 1.82) is 0 Å². The molecule has 14 heavy (non-hydrogen) atoms. The van der Waals surface area contributed by atoms with Crippen LogP contribution in [0.4, 0.5) is 0 Å². The molecule has 2 unspecified atom stereocenters. The topological polar surface area (TPSA) is 9.23 Å². The highest BCUT2D eigenvalue weighted by Crippen LogP contribution is 2.38. The van der Waals surface area contributed by atoms with Crippen LogP contribution in [0.1, 0.15) is 65.7 Å². The zero-order valence-electron chi connectivity index (χ0n) is 10.1. The van der Waals surface area contributed by atoms with Crippen molar-refractivity contribution in [2.45, 2.75) is 71.3 Å². The van der Waals surface area contributed by atoms with Gasteiger partial charge < -0.3 is 4.74 Å². The van der Waals surface area contributed by atoms with Crippen LogP contribution in [0, 0.1) is 5.92 Å². The van der Waals surface area contributed by atoms with Gasteiger partial charge in [-0.15, -0.1) is 0 Å². The summed E-state index contributed by atoms with van der Waals surface area (Å²) in [4.78, 5) is 0. The quantitative estimate of drug-likeness (QED) is 0.597. The van der Waals surface area contributed by atoms with Crippen molar-refractivity contribution in [2.75, 3.05) is 6.61 Å². The Morgan fingerprint density at radius 2 is 2.00 bits per heavy atom. The zero-order valence-corrected chi connectivity index (χ0v) is 10.1. The lowest BCUT2D eigenvalue weighted by atomic mass is 9.80. The lowest BCUT2D eigenvalue weighted by Crippen LogP contribution is -2.44. The average molecular weight is 198 g/mol. The minimum absolute atomic E-state index is 0.286. The molecule has 0 radical (unpaired) electrons. The van der Waals surface area contributed by atoms with Crippen molar-refractivity contribution in [3.05, 3.63) is 0 Å². The van der Waals surface area contributed by atoms with Gasteiger partial charge in [0.2, 0.25) is 0 Å². The third-order valence-corrected chi connectivity index (χ3v) is 3.81. The fraction of sp³-hybridized carbons (Fsp3) is 1.00. The highest BCUT2D eigenvalue weighted by molar-refractivity contribution is 4.88. The molecule has 84 valence electrons. The maximum atomic E-state index is 5.78. The Balaban J connectivity index is 2.30. The van der Waals surface area contributed by atoms with Crippen LogP contribution in [0.15, 0.2) is 0 Å². The summed E-state index contributed by atoms with van der Waals surface area (Å²) in [6.07, 6.45) is 9.25. The van der Waals surface area contributed by atoms with Crippen molar-refractivity contribution in [3.8, 4) is 0 Å². The molecule has 1 heterocycles. The predicted molar refractivity (Wildman–Crippen MR) is 61.5 cm³/mol. The monoisotopic (exact) mass is 198 g/mol. The average Bonchev–Trinajstić information content (AvgIpc) is 2.16. The van der Waals surface area contributed by atoms with Crippen molar-refractivity contribution in [3.63, 3.8) is 0 Å². The van der Waals surface area contributed by atoms with Gasteiger partial charge in [-0.3, -0.25) is 0 Å². The number of hydrogen-bond acceptors (Lipinski definition) is 1. The van der Waals surface area contributed by atoms with E-state index >= 15 is 0 Å². The van der Waals surface area contributed by atoms with Gasteiger partial charge in [-0.1, -0.05) is 46.5 Å². The normalized spacial score (nSPS) is 28.5. The van der Waals surface area contributed by atoms with E-state index in [2.05, 4.69) is 20.8 Å². The number of rotatable bonds is 7. The van der Waals surface area contributed by atoms with Gasteiger partial charge in [0, 0.05) is 0 Å². The Kier molecular flexibility index (Phi) is 4.94. The molecule has 0 aromatic heterocycles. The Bertz CT molecular complexity index is 144. The Morgan fingerprint density at radius 3 is 2.36 bits per heavy atom. The Morgan fingerprint density at radius 1 is 1.29 bits per heavy atom. The first-order valence-corrected chi connectivity index (χ1v) is 6.40. The van der Waals surface area contributed by atoms with Gasteiger partial charge in [-0.05, 0) is 25.2 Å². The maximum Gasteiger partial charge on any atom is 0.0704 e. The summed E-state index contributed by atoms with van der Waals surface area (Å²) in [7, 11) is 0. The molecule has 1 heteroatoms. The van der Waals surface area contributed by atoms with Crippen molar-refractivity contribution < 1.29 is 4.74 Å². The largest absolute Gasteiger partial charge is 0.375 e. The molecule has 1 fully saturated rings. The molecule has 1 saturated heterocycles. The van der Waals surface area contributed by atoms with Crippen LogP contribution in [-0.4, -0.2) is 12.2 Å². The van der Waals surface area contributed by atoms with E-state index in [4.69, 9.17) is 4.74 Å². The predicted octanol–water partition coefficient (Wildman–Crippen LogP) is 4.16. The second-order valence-corrected chi connectivity index (χ2v) is 4.76. The Hall–Kier alpha value is -0.0400. The molecule has 0 saturated carbocycles. The first-order valence-electron chi connectivity index (χ1n) is 6.40. The summed E-state index contributed by atoms with van der Waals surface area (Å²) in [5.41, 5.74) is 0.286. The minimum atomic E-state index is 0.286. The van der Waals surface area contributed by atoms with Crippen molar-refractivity contribution in [1.82, 2.24) is 0 Å². The lowest BCUT2D eigenvalue weighted by molar-refractivity contribution is -0.160. The molecule has 0 aromatic rings. The molecule has 0 aliphatic carbocycles. The first-order chi connectivity index (χ1) is 6.76. The molecule has 0 aromatic carbocycles. The molecule has 1 nitrogen and oxygen atoms in total. The lowest BCUT2D eigenvalue weighted by Gasteiger charge is -2.43. The van der Waals surface area contributed by atoms with Gasteiger partial charge in [0.05, 0.1) is 12.2 Å². The van der Waals surface area contributed by atoms with Crippen LogP contribution in [0.25, 0.3) is 0 Å². The van der Waals surface area contributed by atoms with E-state index in [1.807, 2.05) is 0 Å². The van der Waals surface area contributed by atoms with E-state index in [1.165, 1.54) is 44.9 Å². The fourth-order valence-electron chi connectivity index (χ4n) is 2.44. The number of hydrogen-bond donors (Lipinski definition) is 0. The molecule has 0 amide bonds. The van der Waals surface area contributed by atoms with Gasteiger partial charge in [-0.2, -0.15) is 0 Å². The van der Waals surface area contributed by atoms with Crippen LogP contribution in [0.3, 0.4) is 0 Å². The fourth-order valence-corrected chi connectivity index (χ4v) is 2.44. The highest BCUT2D eigenvalue weighted by Gasteiger charge is 2.37. The summed E-state index contributed by atoms with van der Waals surface area (Å²) in [5, 5.41) is 0. The van der Waals surface area contributed by atoms with Gasteiger partial charge in [-0.25, -0.2) is 0 Å². The van der Waals surface area contributed by atoms with Gasteiger partial charge in [0.15, 0.2) is 0 Å². The van der Waals surface area contributed by atoms with Crippen LogP contribution in [0.5, 0.6) is 0 Å². The summed E-state index contributed by atoms with van der Waals surface area (Å²) < 4.78 is 5.78. The second-order valence-electron chi connectivity index (χ2n) is 4.76. The zero-order chi connectivity index (χ0) is 10.4. The van der Waals surface area contributed by atoms with Crippen molar-refractivity contribution in [2.24, 2.45) is 5.92 Å². The van der Waals surface area contributed by atoms with Crippen LogP contribution < -0.4 is 0 Å². The summed E-state index contributed by atoms with van der Waals surface area (Å²) >= 11 is 0. The molecule has 1 aliphatic rings. The van der Waals surface area contributed by atoms with E-state index in [-0.39, 0.29) is 5.60 Å². The van der Waals surface area contributed by atoms with E-state index in [9.17, 15) is 0 Å². The summed E-state index contributed by atoms with van der Waals surface area (Å²) in [6, 6.07) is 0. The molecule has 1 aliphatic heterocycles. The van der Waals surface area contributed by atoms with Crippen LogP contribution in [0.2, 0.25) is 0 Å². The maximum absolute atomic E-state index is 5.78. The van der Waals surface area contributed by atoms with E-state index in [0.29, 0.717) is 0 Å².